The van der Waals surface area contributed by atoms with E-state index in [4.69, 9.17) is 0 Å². The summed E-state index contributed by atoms with van der Waals surface area (Å²) in [5, 5.41) is 2.10. The fraction of sp³-hybridized carbons (Fsp3) is 0.500. The summed E-state index contributed by atoms with van der Waals surface area (Å²) in [6.07, 6.45) is 7.29. The fourth-order valence-electron chi connectivity index (χ4n) is 2.63. The molecule has 0 aromatic carbocycles. The van der Waals surface area contributed by atoms with Gasteiger partial charge in [0.2, 0.25) is 0 Å². The first kappa shape index (κ1) is 11.4. The largest absolute Gasteiger partial charge is 0.293 e. The minimum Gasteiger partial charge on any atom is -0.293 e. The second kappa shape index (κ2) is 4.91. The van der Waals surface area contributed by atoms with Crippen LogP contribution in [0.1, 0.15) is 48.2 Å². The van der Waals surface area contributed by atoms with Crippen LogP contribution in [0.4, 0.5) is 0 Å². The maximum absolute atomic E-state index is 12.4. The van der Waals surface area contributed by atoms with Crippen LogP contribution in [0.15, 0.2) is 17.5 Å². The predicted molar refractivity (Wildman–Crippen MR) is 75.2 cm³/mol. The van der Waals surface area contributed by atoms with Gasteiger partial charge in [0.25, 0.3) is 0 Å². The lowest BCUT2D eigenvalue weighted by atomic mass is 9.95. The molecule has 0 saturated heterocycles. The number of hydrogen-bond acceptors (Lipinski definition) is 3. The Morgan fingerprint density at radius 3 is 2.59 bits per heavy atom. The highest BCUT2D eigenvalue weighted by molar-refractivity contribution is 7.27. The standard InChI is InChI=1S/C14H16OS2/c15-14(10-5-3-1-2-4-6-10)13-9-12-11(17-13)7-8-16-12/h7-10H,1-6H2. The van der Waals surface area contributed by atoms with E-state index in [1.807, 2.05) is 0 Å². The molecular formula is C14H16OS2. The Labute approximate surface area is 109 Å². The molecule has 1 nitrogen and oxygen atoms in total. The van der Waals surface area contributed by atoms with Crippen molar-refractivity contribution in [1.29, 1.82) is 0 Å². The normalized spacial score (nSPS) is 18.4. The molecule has 0 radical (unpaired) electrons. The molecule has 0 N–H and O–H groups in total. The SMILES string of the molecule is O=C(c1cc2sccc2s1)C1CCCCCC1. The van der Waals surface area contributed by atoms with Gasteiger partial charge in [-0.2, -0.15) is 0 Å². The lowest BCUT2D eigenvalue weighted by Gasteiger charge is -2.10. The van der Waals surface area contributed by atoms with Gasteiger partial charge in [-0.25, -0.2) is 0 Å². The van der Waals surface area contributed by atoms with Crippen LogP contribution < -0.4 is 0 Å². The van der Waals surface area contributed by atoms with Crippen LogP contribution in [0.5, 0.6) is 0 Å². The number of carbonyl (C=O) groups excluding carboxylic acids is 1. The number of carbonyl (C=O) groups is 1. The number of fused-ring (bicyclic) bond motifs is 1. The van der Waals surface area contributed by atoms with Gasteiger partial charge in [-0.1, -0.05) is 25.7 Å². The summed E-state index contributed by atoms with van der Waals surface area (Å²) in [5.74, 6) is 0.700. The Kier molecular flexibility index (Phi) is 3.30. The van der Waals surface area contributed by atoms with Gasteiger partial charge in [0.15, 0.2) is 5.78 Å². The van der Waals surface area contributed by atoms with Crippen molar-refractivity contribution in [1.82, 2.24) is 0 Å². The van der Waals surface area contributed by atoms with Gasteiger partial charge in [-0.05, 0) is 30.4 Å². The predicted octanol–water partition coefficient (Wildman–Crippen LogP) is 5.12. The molecule has 0 atom stereocenters. The van der Waals surface area contributed by atoms with Crippen molar-refractivity contribution in [3.63, 3.8) is 0 Å². The van der Waals surface area contributed by atoms with Crippen LogP contribution in [0.3, 0.4) is 0 Å². The fourth-order valence-corrected chi connectivity index (χ4v) is 4.76. The molecule has 2 aromatic heterocycles. The van der Waals surface area contributed by atoms with E-state index in [0.717, 1.165) is 17.7 Å². The molecular weight excluding hydrogens is 248 g/mol. The smallest absolute Gasteiger partial charge is 0.175 e. The van der Waals surface area contributed by atoms with Crippen LogP contribution in [-0.4, -0.2) is 5.78 Å². The van der Waals surface area contributed by atoms with E-state index in [2.05, 4.69) is 17.5 Å². The van der Waals surface area contributed by atoms with Crippen molar-refractivity contribution in [3.05, 3.63) is 22.4 Å². The molecule has 1 aliphatic rings. The van der Waals surface area contributed by atoms with E-state index < -0.39 is 0 Å². The summed E-state index contributed by atoms with van der Waals surface area (Å²) in [6.45, 7) is 0. The quantitative estimate of drug-likeness (QED) is 0.544. The Balaban J connectivity index is 1.82. The Bertz CT molecular complexity index is 487. The summed E-state index contributed by atoms with van der Waals surface area (Å²) >= 11 is 3.41. The lowest BCUT2D eigenvalue weighted by Crippen LogP contribution is -2.12. The van der Waals surface area contributed by atoms with Crippen molar-refractivity contribution in [2.45, 2.75) is 38.5 Å². The molecule has 1 saturated carbocycles. The van der Waals surface area contributed by atoms with Gasteiger partial charge in [-0.3, -0.25) is 4.79 Å². The molecule has 3 heteroatoms. The zero-order valence-corrected chi connectivity index (χ0v) is 11.4. The van der Waals surface area contributed by atoms with Crippen LogP contribution in [0.25, 0.3) is 9.40 Å². The highest BCUT2D eigenvalue weighted by Crippen LogP contribution is 2.33. The first-order valence-corrected chi connectivity index (χ1v) is 8.05. The van der Waals surface area contributed by atoms with Gasteiger partial charge in [0.1, 0.15) is 0 Å². The topological polar surface area (TPSA) is 17.1 Å². The maximum Gasteiger partial charge on any atom is 0.175 e. The molecule has 2 aromatic rings. The first-order chi connectivity index (χ1) is 8.34. The van der Waals surface area contributed by atoms with Gasteiger partial charge in [-0.15, -0.1) is 22.7 Å². The van der Waals surface area contributed by atoms with Crippen LogP contribution in [-0.2, 0) is 0 Å². The van der Waals surface area contributed by atoms with Gasteiger partial charge in [0, 0.05) is 15.3 Å². The van der Waals surface area contributed by atoms with Crippen molar-refractivity contribution in [2.75, 3.05) is 0 Å². The molecule has 17 heavy (non-hydrogen) atoms. The minimum atomic E-state index is 0.297. The molecule has 0 bridgehead atoms. The second-order valence-corrected chi connectivity index (χ2v) is 6.84. The molecule has 1 aliphatic carbocycles. The van der Waals surface area contributed by atoms with Crippen LogP contribution >= 0.6 is 22.7 Å². The monoisotopic (exact) mass is 264 g/mol. The number of hydrogen-bond donors (Lipinski definition) is 0. The third kappa shape index (κ3) is 2.31. The van der Waals surface area contributed by atoms with Crippen molar-refractivity contribution in [3.8, 4) is 0 Å². The molecule has 0 spiro atoms. The Morgan fingerprint density at radius 1 is 1.12 bits per heavy atom. The van der Waals surface area contributed by atoms with Crippen molar-refractivity contribution in [2.24, 2.45) is 5.92 Å². The molecule has 2 heterocycles. The number of ketones is 1. The summed E-state index contributed by atoms with van der Waals surface area (Å²) in [4.78, 5) is 13.4. The average molecular weight is 264 g/mol. The summed E-state index contributed by atoms with van der Waals surface area (Å²) in [6, 6.07) is 4.21. The highest BCUT2D eigenvalue weighted by Gasteiger charge is 2.23. The summed E-state index contributed by atoms with van der Waals surface area (Å²) < 4.78 is 2.54. The van der Waals surface area contributed by atoms with Crippen LogP contribution in [0, 0.1) is 5.92 Å². The van der Waals surface area contributed by atoms with E-state index in [0.29, 0.717) is 11.7 Å². The van der Waals surface area contributed by atoms with Crippen molar-refractivity contribution < 1.29 is 4.79 Å². The van der Waals surface area contributed by atoms with Gasteiger partial charge in [0.05, 0.1) is 4.88 Å². The zero-order chi connectivity index (χ0) is 11.7. The van der Waals surface area contributed by atoms with Crippen LogP contribution in [0.2, 0.25) is 0 Å². The van der Waals surface area contributed by atoms with E-state index in [1.165, 1.54) is 35.1 Å². The molecule has 0 unspecified atom stereocenters. The van der Waals surface area contributed by atoms with E-state index in [1.54, 1.807) is 22.7 Å². The zero-order valence-electron chi connectivity index (χ0n) is 9.78. The average Bonchev–Trinajstić information content (AvgIpc) is 2.80. The van der Waals surface area contributed by atoms with Gasteiger partial charge < -0.3 is 0 Å². The van der Waals surface area contributed by atoms with E-state index in [-0.39, 0.29) is 0 Å². The third-order valence-electron chi connectivity index (χ3n) is 3.61. The molecule has 90 valence electrons. The minimum absolute atomic E-state index is 0.297. The number of rotatable bonds is 2. The van der Waals surface area contributed by atoms with Gasteiger partial charge >= 0.3 is 0 Å². The first-order valence-electron chi connectivity index (χ1n) is 6.36. The Hall–Kier alpha value is -0.670. The molecule has 3 rings (SSSR count). The maximum atomic E-state index is 12.4. The summed E-state index contributed by atoms with van der Waals surface area (Å²) in [5.41, 5.74) is 0. The second-order valence-electron chi connectivity index (χ2n) is 4.81. The molecule has 0 amide bonds. The number of thiophene rings is 2. The lowest BCUT2D eigenvalue weighted by molar-refractivity contribution is 0.0912. The summed E-state index contributed by atoms with van der Waals surface area (Å²) in [7, 11) is 0. The highest BCUT2D eigenvalue weighted by atomic mass is 32.1. The Morgan fingerprint density at radius 2 is 1.88 bits per heavy atom. The van der Waals surface area contributed by atoms with E-state index in [9.17, 15) is 4.79 Å². The van der Waals surface area contributed by atoms with Crippen molar-refractivity contribution >= 4 is 37.9 Å². The number of Topliss-reactive ketones (excluding diaryl/α,β-unsaturated/α-hetero) is 1. The van der Waals surface area contributed by atoms with E-state index >= 15 is 0 Å². The molecule has 1 fully saturated rings. The third-order valence-corrected chi connectivity index (χ3v) is 5.72. The molecule has 0 aliphatic heterocycles.